The SMILES string of the molecule is CC(C)C1=C(N(C)C)C(c2ccc(F)cc2)=C(CO)C(C)(C(C)C)N1. The van der Waals surface area contributed by atoms with Crippen LogP contribution in [0.1, 0.15) is 40.2 Å². The van der Waals surface area contributed by atoms with E-state index in [1.807, 2.05) is 14.1 Å². The summed E-state index contributed by atoms with van der Waals surface area (Å²) < 4.78 is 13.5. The first-order valence-electron chi connectivity index (χ1n) is 8.93. The lowest BCUT2D eigenvalue weighted by molar-refractivity contribution is 0.251. The number of allylic oxidation sites excluding steroid dienone is 2. The standard InChI is InChI=1S/C21H31FN2O/c1-13(2)19-20(24(6)7)18(15-8-10-16(22)11-9-15)17(12-25)21(5,23-19)14(3)4/h8-11,13-14,23,25H,12H2,1-7H3. The van der Waals surface area contributed by atoms with Crippen molar-refractivity contribution in [1.82, 2.24) is 10.2 Å². The van der Waals surface area contributed by atoms with Gasteiger partial charge in [0.25, 0.3) is 0 Å². The van der Waals surface area contributed by atoms with E-state index >= 15 is 0 Å². The van der Waals surface area contributed by atoms with Gasteiger partial charge in [0.2, 0.25) is 0 Å². The molecule has 25 heavy (non-hydrogen) atoms. The summed E-state index contributed by atoms with van der Waals surface area (Å²) in [7, 11) is 4.02. The van der Waals surface area contributed by atoms with Crippen LogP contribution in [0, 0.1) is 17.7 Å². The molecule has 0 saturated heterocycles. The van der Waals surface area contributed by atoms with Crippen LogP contribution in [0.4, 0.5) is 4.39 Å². The summed E-state index contributed by atoms with van der Waals surface area (Å²) in [6, 6.07) is 6.56. The molecule has 0 amide bonds. The molecule has 1 atom stereocenters. The Morgan fingerprint density at radius 1 is 1.12 bits per heavy atom. The molecule has 4 heteroatoms. The van der Waals surface area contributed by atoms with Crippen molar-refractivity contribution < 1.29 is 9.50 Å². The first-order valence-corrected chi connectivity index (χ1v) is 8.93. The first-order chi connectivity index (χ1) is 11.6. The number of aliphatic hydroxyl groups is 1. The molecule has 2 N–H and O–H groups in total. The van der Waals surface area contributed by atoms with E-state index in [9.17, 15) is 9.50 Å². The lowest BCUT2D eigenvalue weighted by Crippen LogP contribution is -2.53. The third kappa shape index (κ3) is 3.45. The molecule has 1 aromatic carbocycles. The average molecular weight is 346 g/mol. The largest absolute Gasteiger partial charge is 0.392 e. The van der Waals surface area contributed by atoms with E-state index in [0.29, 0.717) is 5.92 Å². The molecule has 0 bridgehead atoms. The van der Waals surface area contributed by atoms with E-state index < -0.39 is 0 Å². The molecule has 1 aliphatic heterocycles. The van der Waals surface area contributed by atoms with Crippen LogP contribution in [-0.2, 0) is 0 Å². The van der Waals surface area contributed by atoms with Crippen LogP contribution in [0.2, 0.25) is 0 Å². The van der Waals surface area contributed by atoms with Gasteiger partial charge < -0.3 is 15.3 Å². The second kappa shape index (κ2) is 7.20. The molecule has 0 saturated carbocycles. The number of hydrogen-bond donors (Lipinski definition) is 2. The summed E-state index contributed by atoms with van der Waals surface area (Å²) in [5.41, 5.74) is 4.73. The molecule has 2 rings (SSSR count). The minimum Gasteiger partial charge on any atom is -0.392 e. The van der Waals surface area contributed by atoms with Crippen LogP contribution < -0.4 is 5.32 Å². The predicted molar refractivity (Wildman–Crippen MR) is 102 cm³/mol. The summed E-state index contributed by atoms with van der Waals surface area (Å²) in [6.45, 7) is 10.7. The average Bonchev–Trinajstić information content (AvgIpc) is 2.53. The van der Waals surface area contributed by atoms with Gasteiger partial charge in [-0.3, -0.25) is 0 Å². The molecule has 0 radical (unpaired) electrons. The lowest BCUT2D eigenvalue weighted by atomic mass is 9.73. The van der Waals surface area contributed by atoms with E-state index in [4.69, 9.17) is 0 Å². The number of nitrogens with one attached hydrogen (secondary N) is 1. The third-order valence-corrected chi connectivity index (χ3v) is 5.29. The fraction of sp³-hybridized carbons (Fsp3) is 0.524. The second-order valence-corrected chi connectivity index (χ2v) is 7.81. The summed E-state index contributed by atoms with van der Waals surface area (Å²) in [4.78, 5) is 2.08. The topological polar surface area (TPSA) is 35.5 Å². The van der Waals surface area contributed by atoms with Gasteiger partial charge in [0, 0.05) is 25.4 Å². The Balaban J connectivity index is 2.86. The smallest absolute Gasteiger partial charge is 0.123 e. The highest BCUT2D eigenvalue weighted by Gasteiger charge is 2.41. The normalized spacial score (nSPS) is 21.2. The summed E-state index contributed by atoms with van der Waals surface area (Å²) in [5.74, 6) is 0.323. The molecule has 0 aliphatic carbocycles. The van der Waals surface area contributed by atoms with E-state index in [1.165, 1.54) is 12.1 Å². The number of nitrogens with zero attached hydrogens (tertiary/aromatic N) is 1. The van der Waals surface area contributed by atoms with Gasteiger partial charge in [-0.2, -0.15) is 0 Å². The molecule has 1 aliphatic rings. The molecule has 0 fully saturated rings. The van der Waals surface area contributed by atoms with E-state index in [1.54, 1.807) is 12.1 Å². The Labute approximate surface area is 151 Å². The number of likely N-dealkylation sites (N-methyl/N-ethyl adjacent to an activating group) is 1. The molecule has 0 aromatic heterocycles. The molecule has 3 nitrogen and oxygen atoms in total. The number of dihydropyridines is 1. The van der Waals surface area contributed by atoms with Crippen LogP contribution >= 0.6 is 0 Å². The molecule has 1 unspecified atom stereocenters. The van der Waals surface area contributed by atoms with Gasteiger partial charge in [-0.15, -0.1) is 0 Å². The van der Waals surface area contributed by atoms with Crippen LogP contribution in [-0.4, -0.2) is 36.2 Å². The summed E-state index contributed by atoms with van der Waals surface area (Å²) in [5, 5.41) is 14.0. The van der Waals surface area contributed by atoms with Crippen molar-refractivity contribution in [2.45, 2.75) is 40.2 Å². The zero-order valence-corrected chi connectivity index (χ0v) is 16.4. The number of halogens is 1. The number of rotatable bonds is 5. The van der Waals surface area contributed by atoms with Crippen molar-refractivity contribution in [1.29, 1.82) is 0 Å². The maximum Gasteiger partial charge on any atom is 0.123 e. The highest BCUT2D eigenvalue weighted by atomic mass is 19.1. The van der Waals surface area contributed by atoms with Crippen molar-refractivity contribution in [3.63, 3.8) is 0 Å². The zero-order valence-electron chi connectivity index (χ0n) is 16.4. The van der Waals surface area contributed by atoms with Gasteiger partial charge in [-0.1, -0.05) is 39.8 Å². The first kappa shape index (κ1) is 19.5. The Kier molecular flexibility index (Phi) is 5.62. The van der Waals surface area contributed by atoms with E-state index in [-0.39, 0.29) is 23.9 Å². The maximum absolute atomic E-state index is 13.5. The van der Waals surface area contributed by atoms with Gasteiger partial charge in [0.05, 0.1) is 17.8 Å². The lowest BCUT2D eigenvalue weighted by Gasteiger charge is -2.46. The van der Waals surface area contributed by atoms with Crippen molar-refractivity contribution in [2.75, 3.05) is 20.7 Å². The molecular weight excluding hydrogens is 315 g/mol. The quantitative estimate of drug-likeness (QED) is 0.845. The minimum atomic E-state index is -0.364. The van der Waals surface area contributed by atoms with E-state index in [0.717, 1.165) is 28.1 Å². The fourth-order valence-corrected chi connectivity index (χ4v) is 3.50. The molecule has 1 aromatic rings. The fourth-order valence-electron chi connectivity index (χ4n) is 3.50. The van der Waals surface area contributed by atoms with Crippen molar-refractivity contribution in [2.24, 2.45) is 11.8 Å². The molecular formula is C21H31FN2O. The van der Waals surface area contributed by atoms with Crippen LogP contribution in [0.5, 0.6) is 0 Å². The van der Waals surface area contributed by atoms with Gasteiger partial charge >= 0.3 is 0 Å². The summed E-state index contributed by atoms with van der Waals surface area (Å²) in [6.07, 6.45) is 0. The Morgan fingerprint density at radius 2 is 1.68 bits per heavy atom. The van der Waals surface area contributed by atoms with Gasteiger partial charge in [-0.25, -0.2) is 4.39 Å². The van der Waals surface area contributed by atoms with Crippen molar-refractivity contribution in [3.05, 3.63) is 52.6 Å². The van der Waals surface area contributed by atoms with E-state index in [2.05, 4.69) is 44.8 Å². The monoisotopic (exact) mass is 346 g/mol. The highest BCUT2D eigenvalue weighted by molar-refractivity contribution is 5.84. The Morgan fingerprint density at radius 3 is 2.08 bits per heavy atom. The van der Waals surface area contributed by atoms with Crippen LogP contribution in [0.3, 0.4) is 0 Å². The Hall–Kier alpha value is -1.81. The number of benzene rings is 1. The van der Waals surface area contributed by atoms with Gasteiger partial charge in [-0.05, 0) is 42.0 Å². The zero-order chi connectivity index (χ0) is 18.9. The number of aliphatic hydroxyl groups excluding tert-OH is 1. The molecule has 0 spiro atoms. The summed E-state index contributed by atoms with van der Waals surface area (Å²) >= 11 is 0. The minimum absolute atomic E-state index is 0.0445. The molecule has 138 valence electrons. The van der Waals surface area contributed by atoms with Crippen molar-refractivity contribution >= 4 is 5.57 Å². The highest BCUT2D eigenvalue weighted by Crippen LogP contribution is 2.43. The van der Waals surface area contributed by atoms with Gasteiger partial charge in [0.15, 0.2) is 0 Å². The maximum atomic E-state index is 13.5. The Bertz CT molecular complexity index is 686. The van der Waals surface area contributed by atoms with Gasteiger partial charge in [0.1, 0.15) is 5.82 Å². The third-order valence-electron chi connectivity index (χ3n) is 5.29. The van der Waals surface area contributed by atoms with Crippen molar-refractivity contribution in [3.8, 4) is 0 Å². The number of hydrogen-bond acceptors (Lipinski definition) is 3. The second-order valence-electron chi connectivity index (χ2n) is 7.81. The molecule has 1 heterocycles. The predicted octanol–water partition coefficient (Wildman–Crippen LogP) is 4.02. The van der Waals surface area contributed by atoms with Crippen LogP contribution in [0.25, 0.3) is 5.57 Å². The van der Waals surface area contributed by atoms with Crippen LogP contribution in [0.15, 0.2) is 41.2 Å².